The van der Waals surface area contributed by atoms with Gasteiger partial charge in [0.15, 0.2) is 0 Å². The number of imidazole rings is 1. The van der Waals surface area contributed by atoms with Crippen molar-refractivity contribution in [2.75, 3.05) is 13.1 Å². The maximum atomic E-state index is 13.3. The third-order valence-electron chi connectivity index (χ3n) is 4.62. The minimum Gasteiger partial charge on any atom is -0.329 e. The average molecular weight is 338 g/mol. The summed E-state index contributed by atoms with van der Waals surface area (Å²) in [6.45, 7) is 2.11. The van der Waals surface area contributed by atoms with Gasteiger partial charge in [0.25, 0.3) is 0 Å². The molecule has 0 spiro atoms. The highest BCUT2D eigenvalue weighted by atomic mass is 19.1. The second kappa shape index (κ2) is 6.55. The summed E-state index contributed by atoms with van der Waals surface area (Å²) >= 11 is 0. The van der Waals surface area contributed by atoms with Gasteiger partial charge in [-0.25, -0.2) is 14.2 Å². The molecule has 1 aliphatic heterocycles. The van der Waals surface area contributed by atoms with Crippen LogP contribution in [0, 0.1) is 5.82 Å². The van der Waals surface area contributed by atoms with Crippen molar-refractivity contribution in [1.82, 2.24) is 19.8 Å². The van der Waals surface area contributed by atoms with Crippen molar-refractivity contribution < 1.29 is 9.18 Å². The number of likely N-dealkylation sites (tertiary alicyclic amines) is 1. The highest BCUT2D eigenvalue weighted by molar-refractivity contribution is 5.76. The number of aromatic nitrogens is 2. The number of rotatable bonds is 4. The first kappa shape index (κ1) is 15.6. The molecular weight excluding hydrogens is 319 g/mol. The van der Waals surface area contributed by atoms with Crippen LogP contribution in [-0.2, 0) is 6.54 Å². The maximum Gasteiger partial charge on any atom is 0.317 e. The molecule has 2 aromatic carbocycles. The van der Waals surface area contributed by atoms with Gasteiger partial charge in [-0.3, -0.25) is 0 Å². The summed E-state index contributed by atoms with van der Waals surface area (Å²) in [6.07, 6.45) is 2.82. The fourth-order valence-electron chi connectivity index (χ4n) is 3.04. The lowest BCUT2D eigenvalue weighted by atomic mass is 10.1. The molecule has 1 aliphatic rings. The smallest absolute Gasteiger partial charge is 0.317 e. The molecule has 1 atom stereocenters. The second-order valence-corrected chi connectivity index (χ2v) is 6.28. The summed E-state index contributed by atoms with van der Waals surface area (Å²) in [4.78, 5) is 18.6. The van der Waals surface area contributed by atoms with Crippen LogP contribution in [0.5, 0.6) is 0 Å². The number of fused-ring (bicyclic) bond motifs is 1. The summed E-state index contributed by atoms with van der Waals surface area (Å²) in [5, 5.41) is 3.07. The molecule has 0 bridgehead atoms. The predicted octanol–water partition coefficient (Wildman–Crippen LogP) is 3.33. The Morgan fingerprint density at radius 1 is 1.16 bits per heavy atom. The zero-order valence-corrected chi connectivity index (χ0v) is 13.7. The average Bonchev–Trinajstić information content (AvgIpc) is 2.97. The summed E-state index contributed by atoms with van der Waals surface area (Å²) in [6, 6.07) is 13.8. The molecule has 25 heavy (non-hydrogen) atoms. The predicted molar refractivity (Wildman–Crippen MR) is 93.6 cm³/mol. The summed E-state index contributed by atoms with van der Waals surface area (Å²) in [5.74, 6) is -0.287. The van der Waals surface area contributed by atoms with Crippen LogP contribution in [0.4, 0.5) is 9.18 Å². The van der Waals surface area contributed by atoms with Crippen LogP contribution in [0.1, 0.15) is 18.0 Å². The molecule has 1 fully saturated rings. The standard InChI is InChI=1S/C19H19FN4O/c20-15-8-6-14(7-9-15)17(22-19(25)23-10-3-11-23)12-24-13-21-16-4-1-2-5-18(16)24/h1-2,4-9,13,17H,3,10-12H2,(H,22,25)/t17-/m1/s1. The number of nitrogens with zero attached hydrogens (tertiary/aromatic N) is 3. The second-order valence-electron chi connectivity index (χ2n) is 6.28. The lowest BCUT2D eigenvalue weighted by Gasteiger charge is -2.33. The zero-order chi connectivity index (χ0) is 17.2. The molecule has 1 saturated heterocycles. The molecule has 128 valence electrons. The number of hydrogen-bond acceptors (Lipinski definition) is 2. The quantitative estimate of drug-likeness (QED) is 0.793. The van der Waals surface area contributed by atoms with Crippen molar-refractivity contribution in [3.63, 3.8) is 0 Å². The first-order chi connectivity index (χ1) is 12.2. The van der Waals surface area contributed by atoms with E-state index in [1.165, 1.54) is 12.1 Å². The molecule has 5 nitrogen and oxygen atoms in total. The van der Waals surface area contributed by atoms with Gasteiger partial charge in [0, 0.05) is 19.6 Å². The monoisotopic (exact) mass is 338 g/mol. The van der Waals surface area contributed by atoms with E-state index in [2.05, 4.69) is 10.3 Å². The molecular formula is C19H19FN4O. The Kier molecular flexibility index (Phi) is 4.09. The van der Waals surface area contributed by atoms with E-state index in [1.807, 2.05) is 28.8 Å². The Morgan fingerprint density at radius 2 is 1.92 bits per heavy atom. The van der Waals surface area contributed by atoms with Crippen molar-refractivity contribution in [3.05, 3.63) is 66.2 Å². The number of carbonyl (C=O) groups is 1. The van der Waals surface area contributed by atoms with Crippen LogP contribution in [0.3, 0.4) is 0 Å². The normalized spacial score (nSPS) is 15.0. The van der Waals surface area contributed by atoms with Crippen LogP contribution < -0.4 is 5.32 Å². The van der Waals surface area contributed by atoms with Gasteiger partial charge in [0.05, 0.1) is 23.4 Å². The van der Waals surface area contributed by atoms with Crippen molar-refractivity contribution in [1.29, 1.82) is 0 Å². The third kappa shape index (κ3) is 3.20. The van der Waals surface area contributed by atoms with Crippen LogP contribution in [0.25, 0.3) is 11.0 Å². The van der Waals surface area contributed by atoms with Crippen LogP contribution in [-0.4, -0.2) is 33.6 Å². The number of carbonyl (C=O) groups excluding carboxylic acids is 1. The maximum absolute atomic E-state index is 13.3. The zero-order valence-electron chi connectivity index (χ0n) is 13.7. The van der Waals surface area contributed by atoms with Gasteiger partial charge in [0.2, 0.25) is 0 Å². The molecule has 0 saturated carbocycles. The van der Waals surface area contributed by atoms with E-state index in [0.29, 0.717) is 6.54 Å². The van der Waals surface area contributed by atoms with Crippen LogP contribution in [0.15, 0.2) is 54.9 Å². The Labute approximate surface area is 145 Å². The molecule has 2 heterocycles. The van der Waals surface area contributed by atoms with Gasteiger partial charge in [-0.15, -0.1) is 0 Å². The van der Waals surface area contributed by atoms with Crippen LogP contribution in [0.2, 0.25) is 0 Å². The number of para-hydroxylation sites is 2. The number of urea groups is 1. The van der Waals surface area contributed by atoms with E-state index >= 15 is 0 Å². The van der Waals surface area contributed by atoms with Crippen LogP contribution >= 0.6 is 0 Å². The molecule has 1 N–H and O–H groups in total. The summed E-state index contributed by atoms with van der Waals surface area (Å²) < 4.78 is 15.3. The Morgan fingerprint density at radius 3 is 2.64 bits per heavy atom. The number of hydrogen-bond donors (Lipinski definition) is 1. The number of nitrogens with one attached hydrogen (secondary N) is 1. The largest absolute Gasteiger partial charge is 0.329 e. The first-order valence-corrected chi connectivity index (χ1v) is 8.41. The summed E-state index contributed by atoms with van der Waals surface area (Å²) in [7, 11) is 0. The SMILES string of the molecule is O=C(N[C@H](Cn1cnc2ccccc21)c1ccc(F)cc1)N1CCC1. The lowest BCUT2D eigenvalue weighted by molar-refractivity contribution is 0.163. The van der Waals surface area contributed by atoms with E-state index in [9.17, 15) is 9.18 Å². The van der Waals surface area contributed by atoms with Gasteiger partial charge < -0.3 is 14.8 Å². The highest BCUT2D eigenvalue weighted by Crippen LogP contribution is 2.20. The number of amides is 2. The molecule has 1 aromatic heterocycles. The Hall–Kier alpha value is -2.89. The number of benzene rings is 2. The van der Waals surface area contributed by atoms with E-state index in [-0.39, 0.29) is 17.9 Å². The van der Waals surface area contributed by atoms with Crippen molar-refractivity contribution in [3.8, 4) is 0 Å². The summed E-state index contributed by atoms with van der Waals surface area (Å²) in [5.41, 5.74) is 2.79. The van der Waals surface area contributed by atoms with Gasteiger partial charge in [0.1, 0.15) is 5.82 Å². The number of halogens is 1. The molecule has 6 heteroatoms. The van der Waals surface area contributed by atoms with E-state index in [1.54, 1.807) is 23.4 Å². The van der Waals surface area contributed by atoms with Gasteiger partial charge in [-0.2, -0.15) is 0 Å². The fraction of sp³-hybridized carbons (Fsp3) is 0.263. The van der Waals surface area contributed by atoms with E-state index in [0.717, 1.165) is 36.1 Å². The van der Waals surface area contributed by atoms with Gasteiger partial charge in [-0.05, 0) is 36.2 Å². The lowest BCUT2D eigenvalue weighted by Crippen LogP contribution is -2.49. The third-order valence-corrected chi connectivity index (χ3v) is 4.62. The fourth-order valence-corrected chi connectivity index (χ4v) is 3.04. The Bertz CT molecular complexity index is 886. The van der Waals surface area contributed by atoms with Crippen molar-refractivity contribution in [2.24, 2.45) is 0 Å². The molecule has 4 rings (SSSR count). The molecule has 0 unspecified atom stereocenters. The van der Waals surface area contributed by atoms with Crippen molar-refractivity contribution in [2.45, 2.75) is 19.0 Å². The van der Waals surface area contributed by atoms with Gasteiger partial charge in [-0.1, -0.05) is 24.3 Å². The first-order valence-electron chi connectivity index (χ1n) is 8.41. The molecule has 0 radical (unpaired) electrons. The Balaban J connectivity index is 1.62. The topological polar surface area (TPSA) is 50.2 Å². The van der Waals surface area contributed by atoms with E-state index < -0.39 is 0 Å². The molecule has 0 aliphatic carbocycles. The minimum atomic E-state index is -0.287. The molecule has 2 amide bonds. The van der Waals surface area contributed by atoms with Crippen molar-refractivity contribution >= 4 is 17.1 Å². The minimum absolute atomic E-state index is 0.0787. The molecule has 3 aromatic rings. The highest BCUT2D eigenvalue weighted by Gasteiger charge is 2.24. The van der Waals surface area contributed by atoms with Gasteiger partial charge >= 0.3 is 6.03 Å². The van der Waals surface area contributed by atoms with E-state index in [4.69, 9.17) is 0 Å².